The Labute approximate surface area is 148 Å². The van der Waals surface area contributed by atoms with Gasteiger partial charge in [0.15, 0.2) is 0 Å². The molecule has 1 heterocycles. The quantitative estimate of drug-likeness (QED) is 0.570. The lowest BCUT2D eigenvalue weighted by Crippen LogP contribution is -2.40. The Bertz CT molecular complexity index is 634. The second-order valence-electron chi connectivity index (χ2n) is 7.09. The summed E-state index contributed by atoms with van der Waals surface area (Å²) >= 11 is 0. The van der Waals surface area contributed by atoms with Gasteiger partial charge in [-0.3, -0.25) is 9.59 Å². The standard InChI is InChI=1S/C19H31FN2O3/c1-15(2)12-10-8-6-4-3-5-7-9-11-13-17(23)22-18(24)16(20)14-21-19(22)25/h14-15H,3-13H2,1-2H3,(H,21,25). The molecule has 0 atom stereocenters. The third-order valence-electron chi connectivity index (χ3n) is 4.35. The molecular formula is C19H31FN2O3. The van der Waals surface area contributed by atoms with E-state index < -0.39 is 23.0 Å². The molecule has 0 unspecified atom stereocenters. The van der Waals surface area contributed by atoms with Gasteiger partial charge in [0, 0.05) is 12.6 Å². The Morgan fingerprint density at radius 1 is 1.00 bits per heavy atom. The summed E-state index contributed by atoms with van der Waals surface area (Å²) in [4.78, 5) is 36.9. The summed E-state index contributed by atoms with van der Waals surface area (Å²) in [6.45, 7) is 4.51. The molecule has 0 spiro atoms. The first kappa shape index (κ1) is 21.3. The van der Waals surface area contributed by atoms with Crippen LogP contribution in [0.1, 0.15) is 89.3 Å². The molecule has 0 radical (unpaired) electrons. The number of unbranched alkanes of at least 4 members (excludes halogenated alkanes) is 8. The molecule has 0 aliphatic rings. The lowest BCUT2D eigenvalue weighted by Gasteiger charge is -2.05. The van der Waals surface area contributed by atoms with Gasteiger partial charge in [0.1, 0.15) is 0 Å². The van der Waals surface area contributed by atoms with Crippen LogP contribution >= 0.6 is 0 Å². The van der Waals surface area contributed by atoms with Crippen LogP contribution in [0, 0.1) is 11.7 Å². The van der Waals surface area contributed by atoms with Crippen molar-refractivity contribution in [1.29, 1.82) is 0 Å². The van der Waals surface area contributed by atoms with E-state index in [4.69, 9.17) is 0 Å². The molecule has 0 aliphatic carbocycles. The zero-order valence-corrected chi connectivity index (χ0v) is 15.5. The number of carbonyl (C=O) groups is 1. The van der Waals surface area contributed by atoms with E-state index >= 15 is 0 Å². The minimum Gasteiger partial charge on any atom is -0.311 e. The van der Waals surface area contributed by atoms with E-state index in [-0.39, 0.29) is 6.42 Å². The molecule has 0 fully saturated rings. The average molecular weight is 354 g/mol. The highest BCUT2D eigenvalue weighted by Crippen LogP contribution is 2.13. The highest BCUT2D eigenvalue weighted by Gasteiger charge is 2.13. The Hall–Kier alpha value is -1.72. The monoisotopic (exact) mass is 354 g/mol. The maximum Gasteiger partial charge on any atom is 0.335 e. The van der Waals surface area contributed by atoms with E-state index in [1.807, 2.05) is 4.98 Å². The van der Waals surface area contributed by atoms with Crippen LogP contribution in [0.15, 0.2) is 15.8 Å². The zero-order chi connectivity index (χ0) is 18.7. The average Bonchev–Trinajstić information content (AvgIpc) is 2.56. The van der Waals surface area contributed by atoms with Gasteiger partial charge < -0.3 is 4.98 Å². The van der Waals surface area contributed by atoms with E-state index in [2.05, 4.69) is 13.8 Å². The first-order valence-electron chi connectivity index (χ1n) is 9.47. The van der Waals surface area contributed by atoms with Crippen molar-refractivity contribution in [1.82, 2.24) is 9.55 Å². The zero-order valence-electron chi connectivity index (χ0n) is 15.5. The predicted octanol–water partition coefficient (Wildman–Crippen LogP) is 4.26. The molecule has 0 bridgehead atoms. The van der Waals surface area contributed by atoms with Gasteiger partial charge >= 0.3 is 5.69 Å². The third kappa shape index (κ3) is 8.27. The van der Waals surface area contributed by atoms with Gasteiger partial charge in [-0.05, 0) is 12.3 Å². The Morgan fingerprint density at radius 2 is 1.52 bits per heavy atom. The fraction of sp³-hybridized carbons (Fsp3) is 0.737. The van der Waals surface area contributed by atoms with Crippen LogP contribution in [0.3, 0.4) is 0 Å². The number of carbonyl (C=O) groups excluding carboxylic acids is 1. The number of rotatable bonds is 12. The molecular weight excluding hydrogens is 323 g/mol. The van der Waals surface area contributed by atoms with Crippen molar-refractivity contribution in [2.45, 2.75) is 84.5 Å². The first-order valence-corrected chi connectivity index (χ1v) is 9.47. The second-order valence-corrected chi connectivity index (χ2v) is 7.09. The minimum atomic E-state index is -1.17. The highest BCUT2D eigenvalue weighted by atomic mass is 19.1. The number of hydrogen-bond acceptors (Lipinski definition) is 3. The van der Waals surface area contributed by atoms with Crippen LogP contribution in [0.5, 0.6) is 0 Å². The van der Waals surface area contributed by atoms with E-state index in [1.165, 1.54) is 38.5 Å². The molecule has 25 heavy (non-hydrogen) atoms. The predicted molar refractivity (Wildman–Crippen MR) is 97.5 cm³/mol. The van der Waals surface area contributed by atoms with Crippen LogP contribution in [0.4, 0.5) is 4.39 Å². The summed E-state index contributed by atoms with van der Waals surface area (Å²) in [5.74, 6) is -0.973. The van der Waals surface area contributed by atoms with Crippen molar-refractivity contribution < 1.29 is 9.18 Å². The first-order chi connectivity index (χ1) is 11.9. The topological polar surface area (TPSA) is 71.9 Å². The van der Waals surface area contributed by atoms with Crippen molar-refractivity contribution in [2.24, 2.45) is 5.92 Å². The van der Waals surface area contributed by atoms with E-state index in [0.717, 1.165) is 25.2 Å². The summed E-state index contributed by atoms with van der Waals surface area (Å²) < 4.78 is 13.5. The van der Waals surface area contributed by atoms with E-state index in [9.17, 15) is 18.8 Å². The number of hydrogen-bond donors (Lipinski definition) is 1. The van der Waals surface area contributed by atoms with Gasteiger partial charge in [0.25, 0.3) is 5.56 Å². The Morgan fingerprint density at radius 3 is 2.08 bits per heavy atom. The van der Waals surface area contributed by atoms with Gasteiger partial charge in [-0.1, -0.05) is 71.6 Å². The number of nitrogens with zero attached hydrogens (tertiary/aromatic N) is 1. The Balaban J connectivity index is 2.11. The SMILES string of the molecule is CC(C)CCCCCCCCCCCC(=O)n1c(=O)[nH]cc(F)c1=O. The van der Waals surface area contributed by atoms with Crippen LogP contribution in [-0.4, -0.2) is 15.5 Å². The van der Waals surface area contributed by atoms with E-state index in [0.29, 0.717) is 17.2 Å². The van der Waals surface area contributed by atoms with Crippen molar-refractivity contribution in [3.8, 4) is 0 Å². The van der Waals surface area contributed by atoms with E-state index in [1.54, 1.807) is 0 Å². The van der Waals surface area contributed by atoms with Gasteiger partial charge in [-0.2, -0.15) is 8.96 Å². The second kappa shape index (κ2) is 11.8. The van der Waals surface area contributed by atoms with Crippen LogP contribution in [-0.2, 0) is 0 Å². The van der Waals surface area contributed by atoms with Gasteiger partial charge in [0.05, 0.1) is 0 Å². The Kier molecular flexibility index (Phi) is 10.0. The molecule has 0 aliphatic heterocycles. The number of halogens is 1. The fourth-order valence-electron chi connectivity index (χ4n) is 2.85. The number of aromatic amines is 1. The molecule has 1 aromatic heterocycles. The molecule has 5 nitrogen and oxygen atoms in total. The van der Waals surface area contributed by atoms with Gasteiger partial charge in [0.2, 0.25) is 11.7 Å². The van der Waals surface area contributed by atoms with Crippen molar-refractivity contribution in [3.63, 3.8) is 0 Å². The number of aromatic nitrogens is 2. The molecule has 0 amide bonds. The third-order valence-corrected chi connectivity index (χ3v) is 4.35. The van der Waals surface area contributed by atoms with Gasteiger partial charge in [-0.25, -0.2) is 4.79 Å². The van der Waals surface area contributed by atoms with Crippen LogP contribution in [0.2, 0.25) is 0 Å². The molecule has 6 heteroatoms. The molecule has 142 valence electrons. The molecule has 1 aromatic rings. The smallest absolute Gasteiger partial charge is 0.311 e. The minimum absolute atomic E-state index is 0.0850. The number of nitrogens with one attached hydrogen (secondary N) is 1. The van der Waals surface area contributed by atoms with Gasteiger partial charge in [-0.15, -0.1) is 0 Å². The lowest BCUT2D eigenvalue weighted by molar-refractivity contribution is 0.0886. The van der Waals surface area contributed by atoms with Crippen LogP contribution in [0.25, 0.3) is 0 Å². The lowest BCUT2D eigenvalue weighted by atomic mass is 10.0. The summed E-state index contributed by atoms with van der Waals surface area (Å²) in [5, 5.41) is 0. The number of H-pyrrole nitrogens is 1. The van der Waals surface area contributed by atoms with Crippen molar-refractivity contribution in [2.75, 3.05) is 0 Å². The van der Waals surface area contributed by atoms with Crippen molar-refractivity contribution in [3.05, 3.63) is 32.9 Å². The molecule has 0 aromatic carbocycles. The normalized spacial score (nSPS) is 11.2. The molecule has 0 saturated heterocycles. The largest absolute Gasteiger partial charge is 0.335 e. The van der Waals surface area contributed by atoms with Crippen LogP contribution < -0.4 is 11.2 Å². The molecule has 0 saturated carbocycles. The highest BCUT2D eigenvalue weighted by molar-refractivity contribution is 5.78. The summed E-state index contributed by atoms with van der Waals surface area (Å²) in [6.07, 6.45) is 12.1. The maximum absolute atomic E-state index is 13.1. The maximum atomic E-state index is 13.1. The molecule has 1 rings (SSSR count). The summed E-state index contributed by atoms with van der Waals surface area (Å²) in [6, 6.07) is 0. The summed E-state index contributed by atoms with van der Waals surface area (Å²) in [5.41, 5.74) is -2.06. The van der Waals surface area contributed by atoms with Crippen molar-refractivity contribution >= 4 is 5.91 Å². The fourth-order valence-corrected chi connectivity index (χ4v) is 2.85. The summed E-state index contributed by atoms with van der Waals surface area (Å²) in [7, 11) is 0. The molecule has 1 N–H and O–H groups in total.